The van der Waals surface area contributed by atoms with Crippen LogP contribution < -0.4 is 5.32 Å². The van der Waals surface area contributed by atoms with E-state index in [2.05, 4.69) is 25.2 Å². The Morgan fingerprint density at radius 2 is 2.15 bits per heavy atom. The third-order valence-electron chi connectivity index (χ3n) is 3.95. The lowest BCUT2D eigenvalue weighted by atomic mass is 10.0. The smallest absolute Gasteiger partial charge is 0.0709 e. The third kappa shape index (κ3) is 2.68. The maximum atomic E-state index is 6.18. The second-order valence-corrected chi connectivity index (χ2v) is 6.49. The molecule has 0 radical (unpaired) electrons. The van der Waals surface area contributed by atoms with Crippen molar-refractivity contribution in [3.63, 3.8) is 0 Å². The van der Waals surface area contributed by atoms with E-state index in [0.717, 1.165) is 36.5 Å². The lowest BCUT2D eigenvalue weighted by molar-refractivity contribution is 0.552. The van der Waals surface area contributed by atoms with Gasteiger partial charge in [-0.1, -0.05) is 25.4 Å². The van der Waals surface area contributed by atoms with Gasteiger partial charge >= 0.3 is 0 Å². The molecular formula is C17H21ClN2. The number of benzene rings is 1. The highest BCUT2D eigenvalue weighted by Crippen LogP contribution is 2.31. The maximum Gasteiger partial charge on any atom is 0.0709 e. The van der Waals surface area contributed by atoms with E-state index in [9.17, 15) is 0 Å². The van der Waals surface area contributed by atoms with Crippen molar-refractivity contribution in [3.8, 4) is 0 Å². The van der Waals surface area contributed by atoms with Crippen LogP contribution in [0, 0.1) is 5.92 Å². The number of hydrogen-bond acceptors (Lipinski definition) is 2. The number of hydrogen-bond donors (Lipinski definition) is 1. The van der Waals surface area contributed by atoms with Crippen molar-refractivity contribution in [2.24, 2.45) is 5.92 Å². The Labute approximate surface area is 125 Å². The van der Waals surface area contributed by atoms with Gasteiger partial charge in [0.1, 0.15) is 0 Å². The number of fused-ring (bicyclic) bond motifs is 2. The first-order valence-electron chi connectivity index (χ1n) is 7.45. The predicted octanol–water partition coefficient (Wildman–Crippen LogP) is 4.12. The van der Waals surface area contributed by atoms with Gasteiger partial charge in [-0.25, -0.2) is 0 Å². The third-order valence-corrected chi connectivity index (χ3v) is 4.18. The van der Waals surface area contributed by atoms with Gasteiger partial charge in [0, 0.05) is 22.6 Å². The molecule has 0 saturated carbocycles. The Balaban J connectivity index is 2.04. The molecule has 1 aromatic carbocycles. The average molecular weight is 289 g/mol. The van der Waals surface area contributed by atoms with Crippen molar-refractivity contribution >= 4 is 22.5 Å². The summed E-state index contributed by atoms with van der Waals surface area (Å²) in [4.78, 5) is 4.81. The number of pyridine rings is 1. The number of nitrogens with one attached hydrogen (secondary N) is 1. The molecule has 3 heteroatoms. The van der Waals surface area contributed by atoms with E-state index in [-0.39, 0.29) is 0 Å². The summed E-state index contributed by atoms with van der Waals surface area (Å²) in [5.74, 6) is 0.666. The lowest BCUT2D eigenvalue weighted by Gasteiger charge is -2.14. The Hall–Kier alpha value is -1.12. The van der Waals surface area contributed by atoms with Crippen LogP contribution in [0.2, 0.25) is 5.02 Å². The zero-order chi connectivity index (χ0) is 14.1. The monoisotopic (exact) mass is 288 g/mol. The highest BCUT2D eigenvalue weighted by atomic mass is 35.5. The van der Waals surface area contributed by atoms with Crippen LogP contribution in [-0.2, 0) is 19.4 Å². The molecule has 1 N–H and O–H groups in total. The second-order valence-electron chi connectivity index (χ2n) is 6.06. The van der Waals surface area contributed by atoms with Crippen LogP contribution in [-0.4, -0.2) is 11.5 Å². The highest BCUT2D eigenvalue weighted by molar-refractivity contribution is 6.31. The quantitative estimate of drug-likeness (QED) is 0.915. The van der Waals surface area contributed by atoms with Crippen LogP contribution in [0.25, 0.3) is 10.9 Å². The van der Waals surface area contributed by atoms with Crippen LogP contribution in [0.1, 0.15) is 37.1 Å². The average Bonchev–Trinajstić information content (AvgIpc) is 2.86. The van der Waals surface area contributed by atoms with Crippen molar-refractivity contribution < 1.29 is 0 Å². The Bertz CT molecular complexity index is 634. The summed E-state index contributed by atoms with van der Waals surface area (Å²) in [7, 11) is 0. The minimum atomic E-state index is 0.666. The van der Waals surface area contributed by atoms with Gasteiger partial charge in [-0.2, -0.15) is 0 Å². The first kappa shape index (κ1) is 13.8. The zero-order valence-electron chi connectivity index (χ0n) is 12.2. The first-order valence-corrected chi connectivity index (χ1v) is 7.83. The summed E-state index contributed by atoms with van der Waals surface area (Å²) >= 11 is 6.18. The second kappa shape index (κ2) is 5.71. The van der Waals surface area contributed by atoms with Crippen LogP contribution in [0.5, 0.6) is 0 Å². The summed E-state index contributed by atoms with van der Waals surface area (Å²) in [5, 5.41) is 5.58. The first-order chi connectivity index (χ1) is 9.65. The molecule has 0 spiro atoms. The fourth-order valence-electron chi connectivity index (χ4n) is 3.02. The molecule has 0 atom stereocenters. The van der Waals surface area contributed by atoms with Crippen LogP contribution >= 0.6 is 11.6 Å². The van der Waals surface area contributed by atoms with Crippen molar-refractivity contribution in [2.45, 2.75) is 39.7 Å². The van der Waals surface area contributed by atoms with E-state index in [0.29, 0.717) is 5.92 Å². The molecular weight excluding hydrogens is 268 g/mol. The molecule has 1 heterocycles. The summed E-state index contributed by atoms with van der Waals surface area (Å²) in [6.07, 6.45) is 3.50. The number of rotatable bonds is 4. The van der Waals surface area contributed by atoms with Crippen molar-refractivity contribution in [2.75, 3.05) is 6.54 Å². The predicted molar refractivity (Wildman–Crippen MR) is 85.3 cm³/mol. The topological polar surface area (TPSA) is 24.9 Å². The molecule has 3 rings (SSSR count). The number of aromatic nitrogens is 1. The molecule has 106 valence electrons. The summed E-state index contributed by atoms with van der Waals surface area (Å²) in [6.45, 7) is 6.43. The van der Waals surface area contributed by atoms with E-state index in [1.807, 2.05) is 12.1 Å². The number of nitrogens with zero attached hydrogens (tertiary/aromatic N) is 1. The molecule has 0 amide bonds. The fraction of sp³-hybridized carbons (Fsp3) is 0.471. The normalized spacial score (nSPS) is 14.2. The van der Waals surface area contributed by atoms with Gasteiger partial charge in [-0.05, 0) is 61.1 Å². The van der Waals surface area contributed by atoms with Crippen molar-refractivity contribution in [1.82, 2.24) is 10.3 Å². The van der Waals surface area contributed by atoms with Gasteiger partial charge in [0.05, 0.1) is 5.52 Å². The van der Waals surface area contributed by atoms with Gasteiger partial charge < -0.3 is 5.32 Å². The summed E-state index contributed by atoms with van der Waals surface area (Å²) < 4.78 is 0. The van der Waals surface area contributed by atoms with E-state index in [1.165, 1.54) is 28.6 Å². The zero-order valence-corrected chi connectivity index (χ0v) is 12.9. The molecule has 2 nitrogen and oxygen atoms in total. The van der Waals surface area contributed by atoms with Gasteiger partial charge in [-0.3, -0.25) is 4.98 Å². The van der Waals surface area contributed by atoms with E-state index < -0.39 is 0 Å². The Morgan fingerprint density at radius 3 is 2.95 bits per heavy atom. The van der Waals surface area contributed by atoms with Gasteiger partial charge in [0.2, 0.25) is 0 Å². The number of halogens is 1. The number of aryl methyl sites for hydroxylation is 1. The van der Waals surface area contributed by atoms with Gasteiger partial charge in [0.15, 0.2) is 0 Å². The lowest BCUT2D eigenvalue weighted by Crippen LogP contribution is -2.20. The molecule has 1 aliphatic carbocycles. The molecule has 0 unspecified atom stereocenters. The fourth-order valence-corrected chi connectivity index (χ4v) is 3.19. The SMILES string of the molecule is CC(C)CNCc1c2c(nc3ccc(Cl)cc13)CCC2. The molecule has 2 aromatic rings. The minimum Gasteiger partial charge on any atom is -0.312 e. The summed E-state index contributed by atoms with van der Waals surface area (Å²) in [6, 6.07) is 6.04. The van der Waals surface area contributed by atoms with Crippen molar-refractivity contribution in [3.05, 3.63) is 40.0 Å². The minimum absolute atomic E-state index is 0.666. The molecule has 0 aliphatic heterocycles. The van der Waals surface area contributed by atoms with Crippen LogP contribution in [0.15, 0.2) is 18.2 Å². The van der Waals surface area contributed by atoms with Crippen LogP contribution in [0.4, 0.5) is 0 Å². The largest absolute Gasteiger partial charge is 0.312 e. The van der Waals surface area contributed by atoms with Gasteiger partial charge in [-0.15, -0.1) is 0 Å². The van der Waals surface area contributed by atoms with Crippen molar-refractivity contribution in [1.29, 1.82) is 0 Å². The van der Waals surface area contributed by atoms with E-state index in [1.54, 1.807) is 0 Å². The molecule has 0 bridgehead atoms. The molecule has 1 aromatic heterocycles. The van der Waals surface area contributed by atoms with Gasteiger partial charge in [0.25, 0.3) is 0 Å². The molecule has 0 fully saturated rings. The highest BCUT2D eigenvalue weighted by Gasteiger charge is 2.19. The molecule has 0 saturated heterocycles. The molecule has 20 heavy (non-hydrogen) atoms. The van der Waals surface area contributed by atoms with E-state index in [4.69, 9.17) is 16.6 Å². The Morgan fingerprint density at radius 1 is 1.30 bits per heavy atom. The maximum absolute atomic E-state index is 6.18. The van der Waals surface area contributed by atoms with E-state index >= 15 is 0 Å². The van der Waals surface area contributed by atoms with Crippen LogP contribution in [0.3, 0.4) is 0 Å². The molecule has 1 aliphatic rings. The summed E-state index contributed by atoms with van der Waals surface area (Å²) in [5.41, 5.74) is 5.24. The standard InChI is InChI=1S/C17H21ClN2/c1-11(2)9-19-10-15-13-4-3-5-16(13)20-17-7-6-12(18)8-14(15)17/h6-8,11,19H,3-5,9-10H2,1-2H3. The Kier molecular flexibility index (Phi) is 3.95.